The molecule has 0 aromatic rings. The normalized spacial score (nSPS) is 32.6. The van der Waals surface area contributed by atoms with Crippen LogP contribution in [0.25, 0.3) is 0 Å². The van der Waals surface area contributed by atoms with Crippen LogP contribution in [0, 0.1) is 5.92 Å². The number of aliphatic hydroxyl groups is 1. The molecule has 3 heteroatoms. The van der Waals surface area contributed by atoms with Gasteiger partial charge in [0.1, 0.15) is 0 Å². The standard InChI is InChI=1S/C13H26N2O/c1-2-15-8-3-6-13(11-16,7-9-15)14-10-12-4-5-12/h12,14,16H,2-11H2,1H3. The van der Waals surface area contributed by atoms with Crippen molar-refractivity contribution >= 4 is 0 Å². The van der Waals surface area contributed by atoms with Crippen LogP contribution in [-0.4, -0.2) is 48.3 Å². The zero-order valence-corrected chi connectivity index (χ0v) is 10.5. The van der Waals surface area contributed by atoms with Crippen molar-refractivity contribution < 1.29 is 5.11 Å². The third-order valence-corrected chi connectivity index (χ3v) is 4.25. The zero-order valence-electron chi connectivity index (χ0n) is 10.5. The van der Waals surface area contributed by atoms with E-state index in [4.69, 9.17) is 0 Å². The number of hydrogen-bond acceptors (Lipinski definition) is 3. The van der Waals surface area contributed by atoms with E-state index in [0.717, 1.165) is 38.4 Å². The summed E-state index contributed by atoms with van der Waals surface area (Å²) in [6.07, 6.45) is 6.22. The highest BCUT2D eigenvalue weighted by molar-refractivity contribution is 4.92. The molecule has 3 nitrogen and oxygen atoms in total. The van der Waals surface area contributed by atoms with Crippen LogP contribution in [0.2, 0.25) is 0 Å². The van der Waals surface area contributed by atoms with E-state index in [1.807, 2.05) is 0 Å². The molecule has 0 radical (unpaired) electrons. The molecule has 1 unspecified atom stereocenters. The van der Waals surface area contributed by atoms with Crippen molar-refractivity contribution in [1.29, 1.82) is 0 Å². The first-order chi connectivity index (χ1) is 7.78. The lowest BCUT2D eigenvalue weighted by Gasteiger charge is -2.32. The van der Waals surface area contributed by atoms with E-state index in [0.29, 0.717) is 6.61 Å². The van der Waals surface area contributed by atoms with E-state index in [9.17, 15) is 5.11 Å². The van der Waals surface area contributed by atoms with Gasteiger partial charge in [-0.25, -0.2) is 0 Å². The molecule has 2 fully saturated rings. The number of hydrogen-bond donors (Lipinski definition) is 2. The van der Waals surface area contributed by atoms with Gasteiger partial charge >= 0.3 is 0 Å². The summed E-state index contributed by atoms with van der Waals surface area (Å²) in [7, 11) is 0. The summed E-state index contributed by atoms with van der Waals surface area (Å²) in [5.74, 6) is 0.897. The Balaban J connectivity index is 1.85. The summed E-state index contributed by atoms with van der Waals surface area (Å²) >= 11 is 0. The van der Waals surface area contributed by atoms with E-state index >= 15 is 0 Å². The minimum atomic E-state index is 0.0203. The lowest BCUT2D eigenvalue weighted by molar-refractivity contribution is 0.142. The van der Waals surface area contributed by atoms with Crippen molar-refractivity contribution in [3.63, 3.8) is 0 Å². The van der Waals surface area contributed by atoms with Gasteiger partial charge in [-0.1, -0.05) is 6.92 Å². The molecule has 1 heterocycles. The summed E-state index contributed by atoms with van der Waals surface area (Å²) in [6.45, 7) is 7.12. The van der Waals surface area contributed by atoms with Crippen LogP contribution in [0.5, 0.6) is 0 Å². The molecule has 2 N–H and O–H groups in total. The van der Waals surface area contributed by atoms with Crippen molar-refractivity contribution in [3.8, 4) is 0 Å². The fraction of sp³-hybridized carbons (Fsp3) is 1.00. The summed E-state index contributed by atoms with van der Waals surface area (Å²) in [5.41, 5.74) is 0.0203. The van der Waals surface area contributed by atoms with Gasteiger partial charge in [0.05, 0.1) is 6.61 Å². The Bertz CT molecular complexity index is 218. The molecule has 2 aliphatic rings. The first kappa shape index (κ1) is 12.3. The fourth-order valence-electron chi connectivity index (χ4n) is 2.64. The lowest BCUT2D eigenvalue weighted by atomic mass is 9.91. The van der Waals surface area contributed by atoms with Crippen LogP contribution in [0.3, 0.4) is 0 Å². The molecule has 1 aliphatic heterocycles. The molecule has 0 aromatic carbocycles. The number of nitrogens with one attached hydrogen (secondary N) is 1. The van der Waals surface area contributed by atoms with Gasteiger partial charge in [-0.2, -0.15) is 0 Å². The Kier molecular flexibility index (Phi) is 4.22. The van der Waals surface area contributed by atoms with Crippen molar-refractivity contribution in [2.24, 2.45) is 5.92 Å². The first-order valence-electron chi connectivity index (χ1n) is 6.86. The largest absolute Gasteiger partial charge is 0.394 e. The predicted molar refractivity (Wildman–Crippen MR) is 66.5 cm³/mol. The molecule has 1 saturated carbocycles. The van der Waals surface area contributed by atoms with Crippen molar-refractivity contribution in [2.75, 3.05) is 32.8 Å². The molecular weight excluding hydrogens is 200 g/mol. The van der Waals surface area contributed by atoms with Gasteiger partial charge in [0, 0.05) is 5.54 Å². The van der Waals surface area contributed by atoms with E-state index in [-0.39, 0.29) is 5.54 Å². The summed E-state index contributed by atoms with van der Waals surface area (Å²) < 4.78 is 0. The van der Waals surface area contributed by atoms with Crippen LogP contribution < -0.4 is 5.32 Å². The van der Waals surface area contributed by atoms with Gasteiger partial charge in [-0.15, -0.1) is 0 Å². The monoisotopic (exact) mass is 226 g/mol. The van der Waals surface area contributed by atoms with Crippen molar-refractivity contribution in [1.82, 2.24) is 10.2 Å². The van der Waals surface area contributed by atoms with E-state index in [1.165, 1.54) is 25.8 Å². The first-order valence-corrected chi connectivity index (χ1v) is 6.86. The number of nitrogens with zero attached hydrogens (tertiary/aromatic N) is 1. The zero-order chi connectivity index (χ0) is 11.4. The maximum absolute atomic E-state index is 9.68. The average Bonchev–Trinajstić information content (AvgIpc) is 3.14. The van der Waals surface area contributed by atoms with Crippen molar-refractivity contribution in [2.45, 2.75) is 44.6 Å². The third-order valence-electron chi connectivity index (χ3n) is 4.25. The van der Waals surface area contributed by atoms with Crippen molar-refractivity contribution in [3.05, 3.63) is 0 Å². The highest BCUT2D eigenvalue weighted by Gasteiger charge is 2.33. The highest BCUT2D eigenvalue weighted by atomic mass is 16.3. The van der Waals surface area contributed by atoms with Gasteiger partial charge in [-0.3, -0.25) is 0 Å². The molecule has 1 aliphatic carbocycles. The minimum absolute atomic E-state index is 0.0203. The molecule has 0 bridgehead atoms. The number of likely N-dealkylation sites (tertiary alicyclic amines) is 1. The van der Waals surface area contributed by atoms with Gasteiger partial charge < -0.3 is 15.3 Å². The van der Waals surface area contributed by atoms with Crippen LogP contribution in [-0.2, 0) is 0 Å². The quantitative estimate of drug-likeness (QED) is 0.740. The lowest BCUT2D eigenvalue weighted by Crippen LogP contribution is -2.49. The van der Waals surface area contributed by atoms with Gasteiger partial charge in [0.25, 0.3) is 0 Å². The Labute approximate surface area is 99.2 Å². The Morgan fingerprint density at radius 3 is 2.75 bits per heavy atom. The molecule has 16 heavy (non-hydrogen) atoms. The predicted octanol–water partition coefficient (Wildman–Crippen LogP) is 1.22. The van der Waals surface area contributed by atoms with Crippen LogP contribution in [0.4, 0.5) is 0 Å². The number of aliphatic hydroxyl groups excluding tert-OH is 1. The summed E-state index contributed by atoms with van der Waals surface area (Å²) in [5, 5.41) is 13.3. The molecule has 0 spiro atoms. The molecule has 94 valence electrons. The molecule has 0 aromatic heterocycles. The number of rotatable bonds is 5. The molecule has 0 amide bonds. The molecular formula is C13H26N2O. The van der Waals surface area contributed by atoms with E-state index in [2.05, 4.69) is 17.1 Å². The highest BCUT2D eigenvalue weighted by Crippen LogP contribution is 2.30. The molecule has 2 rings (SSSR count). The maximum Gasteiger partial charge on any atom is 0.0613 e. The van der Waals surface area contributed by atoms with E-state index < -0.39 is 0 Å². The Morgan fingerprint density at radius 1 is 1.31 bits per heavy atom. The minimum Gasteiger partial charge on any atom is -0.394 e. The molecule has 1 atom stereocenters. The second-order valence-corrected chi connectivity index (χ2v) is 5.55. The second kappa shape index (κ2) is 5.48. The second-order valence-electron chi connectivity index (χ2n) is 5.55. The van der Waals surface area contributed by atoms with Gasteiger partial charge in [0.2, 0.25) is 0 Å². The van der Waals surface area contributed by atoms with Crippen LogP contribution in [0.1, 0.15) is 39.0 Å². The smallest absolute Gasteiger partial charge is 0.0613 e. The topological polar surface area (TPSA) is 35.5 Å². The summed E-state index contributed by atoms with van der Waals surface area (Å²) in [4.78, 5) is 2.50. The maximum atomic E-state index is 9.68. The SMILES string of the molecule is CCN1CCCC(CO)(NCC2CC2)CC1. The van der Waals surface area contributed by atoms with Crippen LogP contribution in [0.15, 0.2) is 0 Å². The Hall–Kier alpha value is -0.120. The fourth-order valence-corrected chi connectivity index (χ4v) is 2.64. The average molecular weight is 226 g/mol. The van der Waals surface area contributed by atoms with Crippen LogP contribution >= 0.6 is 0 Å². The van der Waals surface area contributed by atoms with Gasteiger partial charge in [-0.05, 0) is 64.2 Å². The Morgan fingerprint density at radius 2 is 2.12 bits per heavy atom. The van der Waals surface area contributed by atoms with E-state index in [1.54, 1.807) is 0 Å². The molecule has 1 saturated heterocycles. The van der Waals surface area contributed by atoms with Gasteiger partial charge in [0.15, 0.2) is 0 Å². The summed E-state index contributed by atoms with van der Waals surface area (Å²) in [6, 6.07) is 0. The third kappa shape index (κ3) is 3.19.